The van der Waals surface area contributed by atoms with E-state index in [4.69, 9.17) is 10.3 Å². The summed E-state index contributed by atoms with van der Waals surface area (Å²) >= 11 is 0. The van der Waals surface area contributed by atoms with Gasteiger partial charge in [0.1, 0.15) is 0 Å². The summed E-state index contributed by atoms with van der Waals surface area (Å²) in [6, 6.07) is 5.68. The first-order valence-electron chi connectivity index (χ1n) is 12.4. The summed E-state index contributed by atoms with van der Waals surface area (Å²) in [6.07, 6.45) is 15.1. The van der Waals surface area contributed by atoms with Gasteiger partial charge in [-0.2, -0.15) is 4.98 Å². The number of nitrogens with one attached hydrogen (secondary N) is 1. The van der Waals surface area contributed by atoms with Crippen LogP contribution in [-0.2, 0) is 0 Å². The summed E-state index contributed by atoms with van der Waals surface area (Å²) in [5.74, 6) is 2.15. The van der Waals surface area contributed by atoms with Gasteiger partial charge in [0.15, 0.2) is 0 Å². The van der Waals surface area contributed by atoms with Crippen molar-refractivity contribution in [2.75, 3.05) is 38.7 Å². The molecule has 0 radical (unpaired) electrons. The highest BCUT2D eigenvalue weighted by Crippen LogP contribution is 2.59. The molecule has 34 heavy (non-hydrogen) atoms. The van der Waals surface area contributed by atoms with Crippen molar-refractivity contribution >= 4 is 16.9 Å². The first kappa shape index (κ1) is 25.8. The monoisotopic (exact) mass is 463 g/mol. The number of unbranched alkanes of at least 4 members (excludes halogenated alkanes) is 3. The minimum absolute atomic E-state index is 0.0787. The van der Waals surface area contributed by atoms with Crippen LogP contribution in [0.1, 0.15) is 51.8 Å². The number of nitrogens with zero attached hydrogens (tertiary/aromatic N) is 3. The molecule has 1 aromatic heterocycles. The smallest absolute Gasteiger partial charge is 0.257 e. The van der Waals surface area contributed by atoms with Crippen molar-refractivity contribution in [3.8, 4) is 11.4 Å². The van der Waals surface area contributed by atoms with Crippen molar-refractivity contribution in [2.45, 2.75) is 46.0 Å². The van der Waals surface area contributed by atoms with E-state index in [2.05, 4.69) is 73.1 Å². The Balaban J connectivity index is 1.81. The highest BCUT2D eigenvalue weighted by atomic mass is 16.5. The van der Waals surface area contributed by atoms with E-state index in [0.29, 0.717) is 29.2 Å². The van der Waals surface area contributed by atoms with Crippen molar-refractivity contribution in [3.05, 3.63) is 55.0 Å². The Morgan fingerprint density at radius 2 is 2.18 bits per heavy atom. The SMILES string of the molecule is C=CC(=CC1(CN(C)C)CC1C(C)C=CCCCCC)c1nc(-c2ccc(N)c(NC)c2)no1. The molecule has 3 N–H and O–H groups in total. The van der Waals surface area contributed by atoms with Gasteiger partial charge in [-0.1, -0.05) is 62.7 Å². The minimum atomic E-state index is 0.0787. The highest BCUT2D eigenvalue weighted by molar-refractivity contribution is 5.75. The van der Waals surface area contributed by atoms with E-state index in [1.165, 1.54) is 25.7 Å². The van der Waals surface area contributed by atoms with Gasteiger partial charge >= 0.3 is 0 Å². The van der Waals surface area contributed by atoms with Crippen molar-refractivity contribution in [1.82, 2.24) is 15.0 Å². The maximum Gasteiger partial charge on any atom is 0.257 e. The number of benzene rings is 1. The van der Waals surface area contributed by atoms with Gasteiger partial charge in [-0.3, -0.25) is 0 Å². The number of rotatable bonds is 13. The molecule has 6 nitrogen and oxygen atoms in total. The Labute approximate surface area is 205 Å². The van der Waals surface area contributed by atoms with Gasteiger partial charge in [0.05, 0.1) is 11.4 Å². The van der Waals surface area contributed by atoms with E-state index < -0.39 is 0 Å². The predicted molar refractivity (Wildman–Crippen MR) is 143 cm³/mol. The third-order valence-corrected chi connectivity index (χ3v) is 6.75. The fraction of sp³-hybridized carbons (Fsp3) is 0.500. The molecular weight excluding hydrogens is 422 g/mol. The Hall–Kier alpha value is -2.86. The molecule has 2 aromatic rings. The molecule has 3 rings (SSSR count). The lowest BCUT2D eigenvalue weighted by Gasteiger charge is -2.21. The molecule has 1 saturated carbocycles. The van der Waals surface area contributed by atoms with Crippen LogP contribution in [0.3, 0.4) is 0 Å². The van der Waals surface area contributed by atoms with Gasteiger partial charge in [0.25, 0.3) is 5.89 Å². The zero-order chi connectivity index (χ0) is 24.7. The van der Waals surface area contributed by atoms with Crippen LogP contribution >= 0.6 is 0 Å². The normalized spacial score (nSPS) is 21.2. The highest BCUT2D eigenvalue weighted by Gasteiger charge is 2.54. The minimum Gasteiger partial charge on any atom is -0.397 e. The first-order valence-corrected chi connectivity index (χ1v) is 12.4. The van der Waals surface area contributed by atoms with Gasteiger partial charge in [-0.25, -0.2) is 0 Å². The average molecular weight is 464 g/mol. The zero-order valence-electron chi connectivity index (χ0n) is 21.5. The number of hydrogen-bond acceptors (Lipinski definition) is 6. The second kappa shape index (κ2) is 11.5. The number of hydrogen-bond donors (Lipinski definition) is 2. The lowest BCUT2D eigenvalue weighted by atomic mass is 9.92. The molecule has 3 unspecified atom stereocenters. The molecule has 0 saturated heterocycles. The fourth-order valence-corrected chi connectivity index (χ4v) is 4.89. The zero-order valence-corrected chi connectivity index (χ0v) is 21.5. The summed E-state index contributed by atoms with van der Waals surface area (Å²) < 4.78 is 5.67. The van der Waals surface area contributed by atoms with Gasteiger partial charge in [0.2, 0.25) is 5.82 Å². The van der Waals surface area contributed by atoms with Crippen LogP contribution in [0.4, 0.5) is 11.4 Å². The molecule has 0 aliphatic heterocycles. The van der Waals surface area contributed by atoms with Crippen LogP contribution in [0, 0.1) is 17.3 Å². The maximum absolute atomic E-state index is 6.00. The summed E-state index contributed by atoms with van der Waals surface area (Å²) in [5.41, 5.74) is 9.35. The third kappa shape index (κ3) is 6.17. The molecular formula is C28H41N5O. The van der Waals surface area contributed by atoms with Gasteiger partial charge in [-0.05, 0) is 63.4 Å². The number of aromatic nitrogens is 2. The van der Waals surface area contributed by atoms with E-state index in [1.54, 1.807) is 0 Å². The molecule has 1 fully saturated rings. The average Bonchev–Trinajstić information content (AvgIpc) is 3.28. The second-order valence-corrected chi connectivity index (χ2v) is 9.84. The lowest BCUT2D eigenvalue weighted by molar-refractivity contribution is 0.320. The van der Waals surface area contributed by atoms with E-state index in [-0.39, 0.29) is 5.41 Å². The van der Waals surface area contributed by atoms with Crippen molar-refractivity contribution < 1.29 is 4.52 Å². The van der Waals surface area contributed by atoms with E-state index in [1.807, 2.05) is 31.3 Å². The first-order chi connectivity index (χ1) is 16.3. The molecule has 1 aliphatic rings. The Kier molecular flexibility index (Phi) is 8.72. The van der Waals surface area contributed by atoms with Crippen LogP contribution in [0.2, 0.25) is 0 Å². The standard InChI is InChI=1S/C28H41N5O/c1-7-9-10-11-12-13-20(3)23-18-28(23,19-33(5)6)17-21(8-2)27-31-26(32-34-27)22-14-15-24(29)25(16-22)30-4/h8,12-17,20,23,30H,2,7,9-11,18-19,29H2,1,3-6H3. The quantitative estimate of drug-likeness (QED) is 0.158. The number of nitrogens with two attached hydrogens (primary N) is 1. The van der Waals surface area contributed by atoms with E-state index >= 15 is 0 Å². The molecule has 6 heteroatoms. The van der Waals surface area contributed by atoms with E-state index in [9.17, 15) is 0 Å². The van der Waals surface area contributed by atoms with Crippen molar-refractivity contribution in [3.63, 3.8) is 0 Å². The van der Waals surface area contributed by atoms with Gasteiger partial charge in [0, 0.05) is 30.1 Å². The van der Waals surface area contributed by atoms with Crippen molar-refractivity contribution in [2.24, 2.45) is 17.3 Å². The number of nitrogen functional groups attached to an aromatic ring is 1. The molecule has 0 amide bonds. The third-order valence-electron chi connectivity index (χ3n) is 6.75. The second-order valence-electron chi connectivity index (χ2n) is 9.84. The van der Waals surface area contributed by atoms with Crippen LogP contribution < -0.4 is 11.1 Å². The Bertz CT molecular complexity index is 1020. The molecule has 0 bridgehead atoms. The maximum atomic E-state index is 6.00. The number of anilines is 2. The number of allylic oxidation sites excluding steroid dienone is 4. The van der Waals surface area contributed by atoms with Gasteiger partial charge in [-0.15, -0.1) is 0 Å². The van der Waals surface area contributed by atoms with Crippen LogP contribution in [0.15, 0.2) is 53.6 Å². The Morgan fingerprint density at radius 3 is 2.85 bits per heavy atom. The van der Waals surface area contributed by atoms with Crippen molar-refractivity contribution in [1.29, 1.82) is 0 Å². The largest absolute Gasteiger partial charge is 0.397 e. The van der Waals surface area contributed by atoms with Crippen LogP contribution in [-0.4, -0.2) is 42.7 Å². The van der Waals surface area contributed by atoms with Crippen LogP contribution in [0.5, 0.6) is 0 Å². The van der Waals surface area contributed by atoms with E-state index in [0.717, 1.165) is 29.8 Å². The summed E-state index contributed by atoms with van der Waals surface area (Å²) in [7, 11) is 6.11. The molecule has 184 valence electrons. The van der Waals surface area contributed by atoms with Gasteiger partial charge < -0.3 is 20.5 Å². The van der Waals surface area contributed by atoms with Crippen LogP contribution in [0.25, 0.3) is 17.0 Å². The molecule has 3 atom stereocenters. The molecule has 1 aromatic carbocycles. The fourth-order valence-electron chi connectivity index (χ4n) is 4.89. The molecule has 0 spiro atoms. The summed E-state index contributed by atoms with van der Waals surface area (Å²) in [5, 5.41) is 7.32. The lowest BCUT2D eigenvalue weighted by Crippen LogP contribution is -2.24. The molecule has 1 heterocycles. The topological polar surface area (TPSA) is 80.2 Å². The Morgan fingerprint density at radius 1 is 1.38 bits per heavy atom. The summed E-state index contributed by atoms with van der Waals surface area (Å²) in [4.78, 5) is 6.95. The summed E-state index contributed by atoms with van der Waals surface area (Å²) in [6.45, 7) is 9.61. The predicted octanol–water partition coefficient (Wildman–Crippen LogP) is 6.27. The molecule has 1 aliphatic carbocycles.